The maximum atomic E-state index is 13.8. The highest BCUT2D eigenvalue weighted by molar-refractivity contribution is 5.94. The SMILES string of the molecule is CC(=O)c1ccc(-n2nc(C(F)(F)F)c3c2CN(c2ccc(-c4nccn4CN(C)C)cc2)CC3)cc1. The van der Waals surface area contributed by atoms with E-state index >= 15 is 0 Å². The number of carbonyl (C=O) groups excluding carboxylic acids is 1. The van der Waals surface area contributed by atoms with Gasteiger partial charge in [-0.25, -0.2) is 9.67 Å². The molecule has 0 saturated heterocycles. The molecule has 0 atom stereocenters. The lowest BCUT2D eigenvalue weighted by Gasteiger charge is -2.30. The Labute approximate surface area is 212 Å². The van der Waals surface area contributed by atoms with Crippen LogP contribution in [0.3, 0.4) is 0 Å². The van der Waals surface area contributed by atoms with Crippen molar-refractivity contribution in [2.24, 2.45) is 0 Å². The summed E-state index contributed by atoms with van der Waals surface area (Å²) in [7, 11) is 3.98. The van der Waals surface area contributed by atoms with Gasteiger partial charge in [0.2, 0.25) is 0 Å². The highest BCUT2D eigenvalue weighted by atomic mass is 19.4. The van der Waals surface area contributed by atoms with Crippen molar-refractivity contribution >= 4 is 11.5 Å². The molecule has 5 rings (SSSR count). The van der Waals surface area contributed by atoms with E-state index in [0.29, 0.717) is 30.2 Å². The number of hydrogen-bond acceptors (Lipinski definition) is 5. The van der Waals surface area contributed by atoms with Crippen molar-refractivity contribution in [3.63, 3.8) is 0 Å². The maximum absolute atomic E-state index is 13.8. The van der Waals surface area contributed by atoms with Crippen LogP contribution < -0.4 is 4.90 Å². The second-order valence-electron chi connectivity index (χ2n) is 9.45. The van der Waals surface area contributed by atoms with Crippen LogP contribution in [0.1, 0.15) is 34.2 Å². The summed E-state index contributed by atoms with van der Waals surface area (Å²) >= 11 is 0. The van der Waals surface area contributed by atoms with Crippen molar-refractivity contribution in [1.29, 1.82) is 0 Å². The fraction of sp³-hybridized carbons (Fsp3) is 0.296. The molecule has 2 aromatic carbocycles. The second-order valence-corrected chi connectivity index (χ2v) is 9.45. The lowest BCUT2D eigenvalue weighted by molar-refractivity contribution is -0.142. The molecule has 0 saturated carbocycles. The summed E-state index contributed by atoms with van der Waals surface area (Å²) in [6, 6.07) is 14.4. The number of halogens is 3. The average Bonchev–Trinajstić information content (AvgIpc) is 3.48. The van der Waals surface area contributed by atoms with Crippen LogP contribution in [0, 0.1) is 0 Å². The van der Waals surface area contributed by atoms with Gasteiger partial charge in [-0.3, -0.25) is 9.69 Å². The number of Topliss-reactive ketones (excluding diaryl/α,β-unsaturated/α-hetero) is 1. The van der Waals surface area contributed by atoms with Crippen LogP contribution in [0.25, 0.3) is 17.1 Å². The molecule has 3 heterocycles. The Balaban J connectivity index is 1.46. The predicted octanol–water partition coefficient (Wildman–Crippen LogP) is 5.04. The monoisotopic (exact) mass is 508 g/mol. The third-order valence-corrected chi connectivity index (χ3v) is 6.49. The molecule has 4 aromatic rings. The van der Waals surface area contributed by atoms with Crippen LogP contribution in [0.5, 0.6) is 0 Å². The van der Waals surface area contributed by atoms with Crippen molar-refractivity contribution in [2.75, 3.05) is 25.5 Å². The number of hydrogen-bond donors (Lipinski definition) is 0. The molecule has 10 heteroatoms. The lowest BCUT2D eigenvalue weighted by atomic mass is 10.0. The Kier molecular flexibility index (Phi) is 6.36. The third kappa shape index (κ3) is 4.89. The van der Waals surface area contributed by atoms with Gasteiger partial charge in [-0.05, 0) is 76.0 Å². The molecule has 2 aromatic heterocycles. The van der Waals surface area contributed by atoms with Gasteiger partial charge in [0.15, 0.2) is 11.5 Å². The third-order valence-electron chi connectivity index (χ3n) is 6.49. The van der Waals surface area contributed by atoms with Crippen LogP contribution in [0.15, 0.2) is 60.9 Å². The normalized spacial score (nSPS) is 13.8. The van der Waals surface area contributed by atoms with Crippen molar-refractivity contribution in [3.05, 3.63) is 83.4 Å². The fourth-order valence-electron chi connectivity index (χ4n) is 4.73. The molecule has 0 fully saturated rings. The Morgan fingerprint density at radius 3 is 2.32 bits per heavy atom. The first-order chi connectivity index (χ1) is 17.6. The number of ketones is 1. The van der Waals surface area contributed by atoms with Gasteiger partial charge in [-0.15, -0.1) is 0 Å². The van der Waals surface area contributed by atoms with Crippen molar-refractivity contribution < 1.29 is 18.0 Å². The van der Waals surface area contributed by atoms with Crippen molar-refractivity contribution in [1.82, 2.24) is 24.2 Å². The molecule has 7 nitrogen and oxygen atoms in total. The van der Waals surface area contributed by atoms with Gasteiger partial charge in [0.05, 0.1) is 24.6 Å². The first-order valence-corrected chi connectivity index (χ1v) is 11.9. The van der Waals surface area contributed by atoms with Crippen molar-refractivity contribution in [2.45, 2.75) is 32.7 Å². The standard InChI is InChI=1S/C27H27F3N6O/c1-18(37)19-4-10-22(11-5-19)36-24-16-34(14-12-23(24)25(32-36)27(28,29)30)21-8-6-20(7-9-21)26-31-13-15-35(26)17-33(2)3/h4-11,13,15H,12,14,16-17H2,1-3H3. The molecule has 37 heavy (non-hydrogen) atoms. The van der Waals surface area contributed by atoms with E-state index in [1.54, 1.807) is 30.5 Å². The second kappa shape index (κ2) is 9.51. The van der Waals surface area contributed by atoms with E-state index < -0.39 is 11.9 Å². The smallest absolute Gasteiger partial charge is 0.365 e. The number of imidazole rings is 1. The molecule has 1 aliphatic heterocycles. The summed E-state index contributed by atoms with van der Waals surface area (Å²) in [5.41, 5.74) is 2.73. The van der Waals surface area contributed by atoms with E-state index in [1.165, 1.54) is 11.6 Å². The Morgan fingerprint density at radius 2 is 1.70 bits per heavy atom. The van der Waals surface area contributed by atoms with Crippen LogP contribution >= 0.6 is 0 Å². The number of carbonyl (C=O) groups is 1. The molecule has 0 amide bonds. The fourth-order valence-corrected chi connectivity index (χ4v) is 4.73. The van der Waals surface area contributed by atoms with E-state index in [9.17, 15) is 18.0 Å². The molecule has 1 aliphatic rings. The van der Waals surface area contributed by atoms with E-state index in [-0.39, 0.29) is 24.3 Å². The Bertz CT molecular complexity index is 1420. The van der Waals surface area contributed by atoms with E-state index in [2.05, 4.69) is 24.4 Å². The van der Waals surface area contributed by atoms with Crippen LogP contribution in [-0.2, 0) is 25.8 Å². The summed E-state index contributed by atoms with van der Waals surface area (Å²) in [5.74, 6) is 0.743. The largest absolute Gasteiger partial charge is 0.435 e. The minimum Gasteiger partial charge on any atom is -0.365 e. The van der Waals surface area contributed by atoms with Gasteiger partial charge in [-0.2, -0.15) is 18.3 Å². The quantitative estimate of drug-likeness (QED) is 0.342. The molecule has 0 spiro atoms. The molecule has 0 N–H and O–H groups in total. The summed E-state index contributed by atoms with van der Waals surface area (Å²) in [4.78, 5) is 20.2. The Morgan fingerprint density at radius 1 is 1.03 bits per heavy atom. The van der Waals surface area contributed by atoms with Crippen LogP contribution in [0.2, 0.25) is 0 Å². The summed E-state index contributed by atoms with van der Waals surface area (Å²) in [5, 5.41) is 3.98. The number of anilines is 1. The summed E-state index contributed by atoms with van der Waals surface area (Å²) in [6.07, 6.45) is -0.628. The molecular formula is C27H27F3N6O. The Hall–Kier alpha value is -3.92. The minimum atomic E-state index is -4.55. The van der Waals surface area contributed by atoms with Gasteiger partial charge in [0.1, 0.15) is 5.82 Å². The highest BCUT2D eigenvalue weighted by Crippen LogP contribution is 2.37. The zero-order valence-corrected chi connectivity index (χ0v) is 20.8. The first kappa shape index (κ1) is 24.8. The molecular weight excluding hydrogens is 481 g/mol. The molecule has 0 radical (unpaired) electrons. The van der Waals surface area contributed by atoms with Gasteiger partial charge in [0, 0.05) is 41.3 Å². The minimum absolute atomic E-state index is 0.108. The average molecular weight is 509 g/mol. The number of benzene rings is 2. The summed E-state index contributed by atoms with van der Waals surface area (Å²) < 4.78 is 44.9. The van der Waals surface area contributed by atoms with Crippen LogP contribution in [-0.4, -0.2) is 50.7 Å². The van der Waals surface area contributed by atoms with E-state index in [4.69, 9.17) is 0 Å². The zero-order chi connectivity index (χ0) is 26.3. The highest BCUT2D eigenvalue weighted by Gasteiger charge is 2.40. The molecule has 0 aliphatic carbocycles. The van der Waals surface area contributed by atoms with Gasteiger partial charge < -0.3 is 9.47 Å². The topological polar surface area (TPSA) is 59.2 Å². The first-order valence-electron chi connectivity index (χ1n) is 11.9. The van der Waals surface area contributed by atoms with E-state index in [1.807, 2.05) is 44.6 Å². The van der Waals surface area contributed by atoms with Crippen molar-refractivity contribution in [3.8, 4) is 17.1 Å². The molecule has 0 bridgehead atoms. The zero-order valence-electron chi connectivity index (χ0n) is 20.8. The number of rotatable bonds is 6. The van der Waals surface area contributed by atoms with Gasteiger partial charge >= 0.3 is 6.18 Å². The number of aromatic nitrogens is 4. The van der Waals surface area contributed by atoms with Crippen LogP contribution in [0.4, 0.5) is 18.9 Å². The van der Waals surface area contributed by atoms with Gasteiger partial charge in [0.25, 0.3) is 0 Å². The van der Waals surface area contributed by atoms with Gasteiger partial charge in [-0.1, -0.05) is 0 Å². The number of nitrogens with zero attached hydrogens (tertiary/aromatic N) is 6. The predicted molar refractivity (Wildman–Crippen MR) is 135 cm³/mol. The maximum Gasteiger partial charge on any atom is 0.435 e. The molecule has 0 unspecified atom stereocenters. The number of fused-ring (bicyclic) bond motifs is 1. The summed E-state index contributed by atoms with van der Waals surface area (Å²) in [6.45, 7) is 2.87. The number of alkyl halides is 3. The lowest BCUT2D eigenvalue weighted by Crippen LogP contribution is -2.31. The molecule has 192 valence electrons. The van der Waals surface area contributed by atoms with E-state index in [0.717, 1.165) is 17.1 Å².